The standard InChI is InChI=1S/C14H27N/c1-10(2)12-5-7-13(8-6-12)14(15)9-11-3-4-11/h10-14H,3-9,15H2,1-2H3. The second-order valence-corrected chi connectivity index (χ2v) is 6.26. The van der Waals surface area contributed by atoms with Gasteiger partial charge in [0.05, 0.1) is 0 Å². The Balaban J connectivity index is 1.71. The molecule has 88 valence electrons. The Kier molecular flexibility index (Phi) is 3.71. The molecule has 2 fully saturated rings. The van der Waals surface area contributed by atoms with E-state index in [0.29, 0.717) is 6.04 Å². The van der Waals surface area contributed by atoms with E-state index in [1.807, 2.05) is 0 Å². The van der Waals surface area contributed by atoms with Gasteiger partial charge in [-0.3, -0.25) is 0 Å². The first-order valence-corrected chi connectivity index (χ1v) is 6.92. The third-order valence-electron chi connectivity index (χ3n) is 4.67. The largest absolute Gasteiger partial charge is 0.327 e. The van der Waals surface area contributed by atoms with E-state index in [1.54, 1.807) is 0 Å². The fourth-order valence-electron chi connectivity index (χ4n) is 3.17. The highest BCUT2D eigenvalue weighted by molar-refractivity contribution is 4.85. The van der Waals surface area contributed by atoms with Crippen LogP contribution in [-0.2, 0) is 0 Å². The summed E-state index contributed by atoms with van der Waals surface area (Å²) in [5, 5.41) is 0. The molecule has 0 aromatic heterocycles. The zero-order valence-corrected chi connectivity index (χ0v) is 10.4. The minimum atomic E-state index is 0.519. The average Bonchev–Trinajstić information content (AvgIpc) is 3.02. The van der Waals surface area contributed by atoms with Crippen molar-refractivity contribution in [3.63, 3.8) is 0 Å². The van der Waals surface area contributed by atoms with Crippen LogP contribution in [0.5, 0.6) is 0 Å². The Morgan fingerprint density at radius 2 is 1.47 bits per heavy atom. The molecule has 2 saturated carbocycles. The van der Waals surface area contributed by atoms with E-state index in [4.69, 9.17) is 5.73 Å². The van der Waals surface area contributed by atoms with Crippen LogP contribution in [0.1, 0.15) is 58.8 Å². The highest BCUT2D eigenvalue weighted by Crippen LogP contribution is 2.39. The van der Waals surface area contributed by atoms with Crippen LogP contribution >= 0.6 is 0 Å². The average molecular weight is 209 g/mol. The second kappa shape index (κ2) is 4.86. The SMILES string of the molecule is CC(C)C1CCC(C(N)CC2CC2)CC1. The molecule has 0 spiro atoms. The van der Waals surface area contributed by atoms with E-state index < -0.39 is 0 Å². The van der Waals surface area contributed by atoms with Crippen molar-refractivity contribution in [3.8, 4) is 0 Å². The molecular weight excluding hydrogens is 182 g/mol. The van der Waals surface area contributed by atoms with E-state index in [2.05, 4.69) is 13.8 Å². The van der Waals surface area contributed by atoms with Gasteiger partial charge in [0.2, 0.25) is 0 Å². The minimum Gasteiger partial charge on any atom is -0.327 e. The zero-order valence-electron chi connectivity index (χ0n) is 10.4. The lowest BCUT2D eigenvalue weighted by atomic mass is 9.74. The van der Waals surface area contributed by atoms with Crippen LogP contribution in [-0.4, -0.2) is 6.04 Å². The highest BCUT2D eigenvalue weighted by atomic mass is 14.7. The lowest BCUT2D eigenvalue weighted by Crippen LogP contribution is -2.34. The molecule has 0 amide bonds. The Morgan fingerprint density at radius 1 is 0.933 bits per heavy atom. The van der Waals surface area contributed by atoms with Gasteiger partial charge in [-0.25, -0.2) is 0 Å². The van der Waals surface area contributed by atoms with Gasteiger partial charge < -0.3 is 5.73 Å². The summed E-state index contributed by atoms with van der Waals surface area (Å²) in [6.07, 6.45) is 9.88. The second-order valence-electron chi connectivity index (χ2n) is 6.26. The van der Waals surface area contributed by atoms with Gasteiger partial charge in [0.15, 0.2) is 0 Å². The van der Waals surface area contributed by atoms with Crippen molar-refractivity contribution in [1.29, 1.82) is 0 Å². The van der Waals surface area contributed by atoms with E-state index >= 15 is 0 Å². The van der Waals surface area contributed by atoms with Gasteiger partial charge in [-0.1, -0.05) is 26.7 Å². The van der Waals surface area contributed by atoms with Crippen LogP contribution in [0.2, 0.25) is 0 Å². The van der Waals surface area contributed by atoms with Crippen LogP contribution in [0.25, 0.3) is 0 Å². The molecule has 1 atom stereocenters. The van der Waals surface area contributed by atoms with Crippen molar-refractivity contribution in [3.05, 3.63) is 0 Å². The van der Waals surface area contributed by atoms with E-state index in [9.17, 15) is 0 Å². The van der Waals surface area contributed by atoms with Gasteiger partial charge in [0.1, 0.15) is 0 Å². The molecule has 1 nitrogen and oxygen atoms in total. The van der Waals surface area contributed by atoms with Gasteiger partial charge >= 0.3 is 0 Å². The summed E-state index contributed by atoms with van der Waals surface area (Å²) in [6, 6.07) is 0.519. The minimum absolute atomic E-state index is 0.519. The molecule has 0 bridgehead atoms. The lowest BCUT2D eigenvalue weighted by Gasteiger charge is -2.34. The van der Waals surface area contributed by atoms with Crippen molar-refractivity contribution in [2.75, 3.05) is 0 Å². The molecule has 0 aromatic carbocycles. The first kappa shape index (κ1) is 11.4. The fourth-order valence-corrected chi connectivity index (χ4v) is 3.17. The fraction of sp³-hybridized carbons (Fsp3) is 1.00. The Bertz CT molecular complexity index is 188. The number of hydrogen-bond acceptors (Lipinski definition) is 1. The summed E-state index contributed by atoms with van der Waals surface area (Å²) >= 11 is 0. The quantitative estimate of drug-likeness (QED) is 0.752. The summed E-state index contributed by atoms with van der Waals surface area (Å²) in [4.78, 5) is 0. The summed E-state index contributed by atoms with van der Waals surface area (Å²) in [5.41, 5.74) is 6.31. The molecule has 15 heavy (non-hydrogen) atoms. The molecule has 1 unspecified atom stereocenters. The third kappa shape index (κ3) is 3.21. The van der Waals surface area contributed by atoms with E-state index in [1.165, 1.54) is 44.9 Å². The zero-order chi connectivity index (χ0) is 10.8. The van der Waals surface area contributed by atoms with Crippen molar-refractivity contribution < 1.29 is 0 Å². The van der Waals surface area contributed by atoms with Crippen LogP contribution < -0.4 is 5.73 Å². The Labute approximate surface area is 94.8 Å². The predicted molar refractivity (Wildman–Crippen MR) is 65.6 cm³/mol. The summed E-state index contributed by atoms with van der Waals surface area (Å²) in [7, 11) is 0. The maximum atomic E-state index is 6.31. The first-order chi connectivity index (χ1) is 7.16. The maximum absolute atomic E-state index is 6.31. The van der Waals surface area contributed by atoms with Crippen molar-refractivity contribution >= 4 is 0 Å². The molecule has 2 aliphatic carbocycles. The van der Waals surface area contributed by atoms with Crippen LogP contribution in [0.15, 0.2) is 0 Å². The Hall–Kier alpha value is -0.0400. The molecule has 2 aliphatic rings. The van der Waals surface area contributed by atoms with Crippen molar-refractivity contribution in [2.45, 2.75) is 64.8 Å². The molecule has 2 N–H and O–H groups in total. The van der Waals surface area contributed by atoms with Crippen molar-refractivity contribution in [2.24, 2.45) is 29.4 Å². The molecule has 1 heteroatoms. The summed E-state index contributed by atoms with van der Waals surface area (Å²) in [5.74, 6) is 3.71. The number of hydrogen-bond donors (Lipinski definition) is 1. The van der Waals surface area contributed by atoms with Gasteiger partial charge in [-0.15, -0.1) is 0 Å². The maximum Gasteiger partial charge on any atom is 0.00698 e. The third-order valence-corrected chi connectivity index (χ3v) is 4.67. The van der Waals surface area contributed by atoms with Gasteiger partial charge in [0.25, 0.3) is 0 Å². The number of nitrogens with two attached hydrogens (primary N) is 1. The molecular formula is C14H27N. The number of rotatable bonds is 4. The highest BCUT2D eigenvalue weighted by Gasteiger charge is 2.31. The Morgan fingerprint density at radius 3 is 1.93 bits per heavy atom. The first-order valence-electron chi connectivity index (χ1n) is 6.92. The normalized spacial score (nSPS) is 34.4. The van der Waals surface area contributed by atoms with Crippen LogP contribution in [0.4, 0.5) is 0 Å². The molecule has 2 rings (SSSR count). The smallest absolute Gasteiger partial charge is 0.00698 e. The van der Waals surface area contributed by atoms with Crippen LogP contribution in [0, 0.1) is 23.7 Å². The van der Waals surface area contributed by atoms with Gasteiger partial charge in [-0.05, 0) is 55.8 Å². The monoisotopic (exact) mass is 209 g/mol. The van der Waals surface area contributed by atoms with Crippen LogP contribution in [0.3, 0.4) is 0 Å². The van der Waals surface area contributed by atoms with Gasteiger partial charge in [-0.2, -0.15) is 0 Å². The summed E-state index contributed by atoms with van der Waals surface area (Å²) < 4.78 is 0. The van der Waals surface area contributed by atoms with Crippen molar-refractivity contribution in [1.82, 2.24) is 0 Å². The van der Waals surface area contributed by atoms with Gasteiger partial charge in [0, 0.05) is 6.04 Å². The predicted octanol–water partition coefficient (Wildman–Crippen LogP) is 3.58. The van der Waals surface area contributed by atoms with E-state index in [-0.39, 0.29) is 0 Å². The lowest BCUT2D eigenvalue weighted by molar-refractivity contribution is 0.197. The molecule has 0 aromatic rings. The molecule has 0 saturated heterocycles. The molecule has 0 heterocycles. The molecule has 0 radical (unpaired) electrons. The topological polar surface area (TPSA) is 26.0 Å². The summed E-state index contributed by atoms with van der Waals surface area (Å²) in [6.45, 7) is 4.74. The molecule has 0 aliphatic heterocycles. The van der Waals surface area contributed by atoms with E-state index in [0.717, 1.165) is 23.7 Å².